The lowest BCUT2D eigenvalue weighted by Crippen LogP contribution is -2.11. The topological polar surface area (TPSA) is 52.0 Å². The Labute approximate surface area is 133 Å². The van der Waals surface area contributed by atoms with E-state index in [1.54, 1.807) is 0 Å². The molecule has 0 aliphatic heterocycles. The second kappa shape index (κ2) is 5.77. The summed E-state index contributed by atoms with van der Waals surface area (Å²) in [4.78, 5) is 0. The van der Waals surface area contributed by atoms with Crippen LogP contribution in [-0.2, 0) is 12.4 Å². The molecular formula is C16H12F6N2. The van der Waals surface area contributed by atoms with Gasteiger partial charge < -0.3 is 11.5 Å². The first-order chi connectivity index (χ1) is 10.9. The minimum Gasteiger partial charge on any atom is -0.399 e. The zero-order valence-electron chi connectivity index (χ0n) is 12.1. The summed E-state index contributed by atoms with van der Waals surface area (Å²) in [5.41, 5.74) is 8.49. The maximum absolute atomic E-state index is 12.9. The smallest absolute Gasteiger partial charge is 0.399 e. The quantitative estimate of drug-likeness (QED) is 0.600. The predicted octanol–water partition coefficient (Wildman–Crippen LogP) is 4.90. The maximum atomic E-state index is 12.9. The zero-order chi connectivity index (χ0) is 18.3. The molecule has 0 aliphatic rings. The van der Waals surface area contributed by atoms with E-state index in [1.165, 1.54) is 18.2 Å². The van der Waals surface area contributed by atoms with Gasteiger partial charge in [0, 0.05) is 22.5 Å². The standard InChI is InChI=1S/C16H12F6N2/c1-8(23)12-3-2-4-13(14(12)24)9-5-10(15(17,18)19)7-11(6-9)16(20,21)22/h2-7H,1,23-24H2. The minimum atomic E-state index is -4.93. The second-order valence-corrected chi connectivity index (χ2v) is 5.09. The van der Waals surface area contributed by atoms with Crippen LogP contribution in [0.3, 0.4) is 0 Å². The SMILES string of the molecule is C=C(N)c1cccc(-c2cc(C(F)(F)F)cc(C(F)(F)F)c2)c1N. The van der Waals surface area contributed by atoms with Gasteiger partial charge in [-0.1, -0.05) is 24.8 Å². The largest absolute Gasteiger partial charge is 0.416 e. The molecular weight excluding hydrogens is 334 g/mol. The van der Waals surface area contributed by atoms with Crippen molar-refractivity contribution in [3.63, 3.8) is 0 Å². The number of para-hydroxylation sites is 1. The van der Waals surface area contributed by atoms with Crippen molar-refractivity contribution in [3.05, 3.63) is 59.7 Å². The van der Waals surface area contributed by atoms with Crippen LogP contribution < -0.4 is 11.5 Å². The molecule has 0 aliphatic carbocycles. The molecule has 0 spiro atoms. The van der Waals surface area contributed by atoms with E-state index in [1.807, 2.05) is 0 Å². The highest BCUT2D eigenvalue weighted by Gasteiger charge is 2.37. The molecule has 4 N–H and O–H groups in total. The third-order valence-corrected chi connectivity index (χ3v) is 3.35. The molecule has 8 heteroatoms. The fraction of sp³-hybridized carbons (Fsp3) is 0.125. The van der Waals surface area contributed by atoms with E-state index in [4.69, 9.17) is 11.5 Å². The molecule has 0 aromatic heterocycles. The van der Waals surface area contributed by atoms with Crippen LogP contribution >= 0.6 is 0 Å². The number of benzene rings is 2. The highest BCUT2D eigenvalue weighted by atomic mass is 19.4. The van der Waals surface area contributed by atoms with Gasteiger partial charge in [-0.25, -0.2) is 0 Å². The number of nitrogens with two attached hydrogens (primary N) is 2. The monoisotopic (exact) mass is 346 g/mol. The number of hydrogen-bond donors (Lipinski definition) is 2. The molecule has 2 aromatic rings. The molecule has 2 aromatic carbocycles. The first-order valence-corrected chi connectivity index (χ1v) is 6.54. The molecule has 128 valence electrons. The predicted molar refractivity (Wildman–Crippen MR) is 79.5 cm³/mol. The van der Waals surface area contributed by atoms with Crippen molar-refractivity contribution < 1.29 is 26.3 Å². The number of anilines is 1. The summed E-state index contributed by atoms with van der Waals surface area (Å²) in [5, 5.41) is 0. The Balaban J connectivity index is 2.76. The average molecular weight is 346 g/mol. The molecule has 0 unspecified atom stereocenters. The fourth-order valence-electron chi connectivity index (χ4n) is 2.21. The molecule has 0 bridgehead atoms. The third kappa shape index (κ3) is 3.47. The van der Waals surface area contributed by atoms with Crippen molar-refractivity contribution in [3.8, 4) is 11.1 Å². The number of halogens is 6. The summed E-state index contributed by atoms with van der Waals surface area (Å²) < 4.78 is 77.6. The van der Waals surface area contributed by atoms with Crippen LogP contribution in [0.4, 0.5) is 32.0 Å². The number of hydrogen-bond acceptors (Lipinski definition) is 2. The minimum absolute atomic E-state index is 0.00991. The normalized spacial score (nSPS) is 12.2. The Bertz CT molecular complexity index is 758. The van der Waals surface area contributed by atoms with Crippen molar-refractivity contribution in [2.45, 2.75) is 12.4 Å². The van der Waals surface area contributed by atoms with Gasteiger partial charge in [0.1, 0.15) is 0 Å². The first-order valence-electron chi connectivity index (χ1n) is 6.54. The van der Waals surface area contributed by atoms with Gasteiger partial charge in [-0.15, -0.1) is 0 Å². The Morgan fingerprint density at radius 2 is 1.38 bits per heavy atom. The maximum Gasteiger partial charge on any atom is 0.416 e. The molecule has 0 fully saturated rings. The van der Waals surface area contributed by atoms with Gasteiger partial charge in [0.15, 0.2) is 0 Å². The van der Waals surface area contributed by atoms with Crippen molar-refractivity contribution in [2.75, 3.05) is 5.73 Å². The summed E-state index contributed by atoms with van der Waals surface area (Å²) in [6.45, 7) is 3.47. The number of nitrogen functional groups attached to an aromatic ring is 1. The van der Waals surface area contributed by atoms with Crippen LogP contribution in [0.25, 0.3) is 16.8 Å². The lowest BCUT2D eigenvalue weighted by atomic mass is 9.95. The summed E-state index contributed by atoms with van der Waals surface area (Å²) >= 11 is 0. The lowest BCUT2D eigenvalue weighted by molar-refractivity contribution is -0.143. The summed E-state index contributed by atoms with van der Waals surface area (Å²) in [7, 11) is 0. The van der Waals surface area contributed by atoms with Crippen LogP contribution in [-0.4, -0.2) is 0 Å². The molecule has 0 heterocycles. The summed E-state index contributed by atoms with van der Waals surface area (Å²) in [6, 6.07) is 5.50. The van der Waals surface area contributed by atoms with E-state index in [0.29, 0.717) is 12.1 Å². The summed E-state index contributed by atoms with van der Waals surface area (Å²) in [5.74, 6) is 0. The Kier molecular flexibility index (Phi) is 4.26. The van der Waals surface area contributed by atoms with Gasteiger partial charge >= 0.3 is 12.4 Å². The fourth-order valence-corrected chi connectivity index (χ4v) is 2.21. The number of rotatable bonds is 2. The molecule has 0 amide bonds. The van der Waals surface area contributed by atoms with Gasteiger partial charge in [0.2, 0.25) is 0 Å². The van der Waals surface area contributed by atoms with E-state index in [9.17, 15) is 26.3 Å². The second-order valence-electron chi connectivity index (χ2n) is 5.09. The van der Waals surface area contributed by atoms with Crippen molar-refractivity contribution >= 4 is 11.4 Å². The molecule has 0 radical (unpaired) electrons. The highest BCUT2D eigenvalue weighted by Crippen LogP contribution is 2.40. The van der Waals surface area contributed by atoms with Crippen LogP contribution in [0.15, 0.2) is 43.0 Å². The molecule has 24 heavy (non-hydrogen) atoms. The van der Waals surface area contributed by atoms with Gasteiger partial charge in [0.05, 0.1) is 11.1 Å². The lowest BCUT2D eigenvalue weighted by Gasteiger charge is -2.16. The molecule has 2 nitrogen and oxygen atoms in total. The molecule has 0 saturated carbocycles. The van der Waals surface area contributed by atoms with Gasteiger partial charge in [0.25, 0.3) is 0 Å². The molecule has 2 rings (SSSR count). The van der Waals surface area contributed by atoms with Crippen molar-refractivity contribution in [1.29, 1.82) is 0 Å². The van der Waals surface area contributed by atoms with Crippen LogP contribution in [0, 0.1) is 0 Å². The van der Waals surface area contributed by atoms with E-state index < -0.39 is 23.5 Å². The van der Waals surface area contributed by atoms with Crippen LogP contribution in [0.5, 0.6) is 0 Å². The average Bonchev–Trinajstić information content (AvgIpc) is 2.44. The zero-order valence-corrected chi connectivity index (χ0v) is 12.1. The first kappa shape index (κ1) is 17.7. The van der Waals surface area contributed by atoms with E-state index in [2.05, 4.69) is 6.58 Å². The third-order valence-electron chi connectivity index (χ3n) is 3.35. The summed E-state index contributed by atoms with van der Waals surface area (Å²) in [6.07, 6.45) is -9.86. The van der Waals surface area contributed by atoms with Crippen LogP contribution in [0.1, 0.15) is 16.7 Å². The van der Waals surface area contributed by atoms with Crippen molar-refractivity contribution in [1.82, 2.24) is 0 Å². The van der Waals surface area contributed by atoms with E-state index in [0.717, 1.165) is 0 Å². The van der Waals surface area contributed by atoms with Crippen LogP contribution in [0.2, 0.25) is 0 Å². The van der Waals surface area contributed by atoms with Gasteiger partial charge in [-0.3, -0.25) is 0 Å². The number of alkyl halides is 6. The van der Waals surface area contributed by atoms with E-state index in [-0.39, 0.29) is 34.1 Å². The molecule has 0 atom stereocenters. The van der Waals surface area contributed by atoms with E-state index >= 15 is 0 Å². The highest BCUT2D eigenvalue weighted by molar-refractivity contribution is 5.85. The Morgan fingerprint density at radius 1 is 0.875 bits per heavy atom. The van der Waals surface area contributed by atoms with Gasteiger partial charge in [-0.2, -0.15) is 26.3 Å². The Morgan fingerprint density at radius 3 is 1.79 bits per heavy atom. The van der Waals surface area contributed by atoms with Gasteiger partial charge in [-0.05, 0) is 23.8 Å². The molecule has 0 saturated heterocycles. The Hall–Kier alpha value is -2.64. The van der Waals surface area contributed by atoms with Crippen molar-refractivity contribution in [2.24, 2.45) is 5.73 Å².